The second-order valence-corrected chi connectivity index (χ2v) is 8.34. The minimum atomic E-state index is -0.444. The maximum Gasteiger partial charge on any atom is 0.410 e. The van der Waals surface area contributed by atoms with Crippen LogP contribution in [0.2, 0.25) is 0 Å². The van der Waals surface area contributed by atoms with E-state index in [4.69, 9.17) is 4.74 Å². The Morgan fingerprint density at radius 2 is 1.75 bits per heavy atom. The number of ether oxygens (including phenoxy) is 1. The summed E-state index contributed by atoms with van der Waals surface area (Å²) in [6.07, 6.45) is 4.97. The lowest BCUT2D eigenvalue weighted by Crippen LogP contribution is -2.32. The van der Waals surface area contributed by atoms with E-state index in [1.807, 2.05) is 0 Å². The SMILES string of the molecule is CCCN(CCC)c1cc2c(cc1CN(Cc1cccc([N+](=O)[O-])c1)C(=O)OC)CCC2. The van der Waals surface area contributed by atoms with Gasteiger partial charge in [0.15, 0.2) is 0 Å². The lowest BCUT2D eigenvalue weighted by molar-refractivity contribution is -0.384. The summed E-state index contributed by atoms with van der Waals surface area (Å²) in [5.74, 6) is 0. The number of nitro benzene ring substituents is 1. The number of methoxy groups -OCH3 is 1. The van der Waals surface area contributed by atoms with Gasteiger partial charge in [0.2, 0.25) is 0 Å². The summed E-state index contributed by atoms with van der Waals surface area (Å²) in [6, 6.07) is 11.0. The number of rotatable bonds is 10. The number of amides is 1. The van der Waals surface area contributed by atoms with Gasteiger partial charge in [-0.05, 0) is 60.4 Å². The van der Waals surface area contributed by atoms with Crippen LogP contribution in [0.1, 0.15) is 55.4 Å². The van der Waals surface area contributed by atoms with Crippen LogP contribution in [0.4, 0.5) is 16.2 Å². The molecule has 0 bridgehead atoms. The van der Waals surface area contributed by atoms with Gasteiger partial charge >= 0.3 is 6.09 Å². The number of nitro groups is 1. The first-order chi connectivity index (χ1) is 15.5. The molecule has 0 aliphatic heterocycles. The summed E-state index contributed by atoms with van der Waals surface area (Å²) in [5, 5.41) is 11.2. The van der Waals surface area contributed by atoms with Crippen LogP contribution < -0.4 is 4.90 Å². The lowest BCUT2D eigenvalue weighted by atomic mass is 10.0. The Hall–Kier alpha value is -3.09. The predicted molar refractivity (Wildman–Crippen MR) is 126 cm³/mol. The Morgan fingerprint density at radius 3 is 2.38 bits per heavy atom. The van der Waals surface area contributed by atoms with Crippen LogP contribution in [-0.4, -0.2) is 36.1 Å². The summed E-state index contributed by atoms with van der Waals surface area (Å²) in [7, 11) is 1.37. The maximum atomic E-state index is 12.7. The Labute approximate surface area is 190 Å². The fourth-order valence-electron chi connectivity index (χ4n) is 4.48. The van der Waals surface area contributed by atoms with E-state index < -0.39 is 11.0 Å². The van der Waals surface area contributed by atoms with Crippen molar-refractivity contribution in [1.82, 2.24) is 4.90 Å². The van der Waals surface area contributed by atoms with Crippen molar-refractivity contribution in [2.24, 2.45) is 0 Å². The van der Waals surface area contributed by atoms with Gasteiger partial charge in [-0.3, -0.25) is 15.0 Å². The maximum absolute atomic E-state index is 12.7. The molecule has 2 aromatic carbocycles. The molecule has 3 rings (SSSR count). The molecule has 0 spiro atoms. The van der Waals surface area contributed by atoms with Gasteiger partial charge < -0.3 is 9.64 Å². The molecule has 1 aliphatic carbocycles. The lowest BCUT2D eigenvalue weighted by Gasteiger charge is -2.30. The quantitative estimate of drug-likeness (QED) is 0.362. The summed E-state index contributed by atoms with van der Waals surface area (Å²) in [6.45, 7) is 6.91. The highest BCUT2D eigenvalue weighted by Gasteiger charge is 2.22. The minimum absolute atomic E-state index is 0.0163. The van der Waals surface area contributed by atoms with Gasteiger partial charge in [-0.25, -0.2) is 4.79 Å². The monoisotopic (exact) mass is 439 g/mol. The van der Waals surface area contributed by atoms with Gasteiger partial charge in [0.05, 0.1) is 18.6 Å². The number of carbonyl (C=O) groups excluding carboxylic acids is 1. The van der Waals surface area contributed by atoms with Crippen molar-refractivity contribution < 1.29 is 14.5 Å². The topological polar surface area (TPSA) is 75.9 Å². The smallest absolute Gasteiger partial charge is 0.410 e. The van der Waals surface area contributed by atoms with Gasteiger partial charge in [0, 0.05) is 37.5 Å². The van der Waals surface area contributed by atoms with E-state index in [9.17, 15) is 14.9 Å². The zero-order chi connectivity index (χ0) is 23.1. The number of nitrogens with zero attached hydrogens (tertiary/aromatic N) is 3. The third-order valence-corrected chi connectivity index (χ3v) is 5.91. The van der Waals surface area contributed by atoms with Crippen LogP contribution in [0, 0.1) is 10.1 Å². The van der Waals surface area contributed by atoms with E-state index in [-0.39, 0.29) is 12.2 Å². The van der Waals surface area contributed by atoms with Crippen molar-refractivity contribution in [3.63, 3.8) is 0 Å². The molecule has 0 fully saturated rings. The van der Waals surface area contributed by atoms with E-state index in [0.717, 1.165) is 50.8 Å². The normalized spacial score (nSPS) is 12.3. The number of aryl methyl sites for hydroxylation is 2. The van der Waals surface area contributed by atoms with Gasteiger partial charge in [-0.2, -0.15) is 0 Å². The van der Waals surface area contributed by atoms with Gasteiger partial charge in [-0.1, -0.05) is 32.0 Å². The van der Waals surface area contributed by atoms with Gasteiger partial charge in [-0.15, -0.1) is 0 Å². The van der Waals surface area contributed by atoms with E-state index in [0.29, 0.717) is 12.1 Å². The highest BCUT2D eigenvalue weighted by atomic mass is 16.6. The third kappa shape index (κ3) is 5.58. The van der Waals surface area contributed by atoms with E-state index in [1.54, 1.807) is 17.0 Å². The molecule has 0 unspecified atom stereocenters. The zero-order valence-corrected chi connectivity index (χ0v) is 19.3. The van der Waals surface area contributed by atoms with Crippen LogP contribution in [0.15, 0.2) is 36.4 Å². The molecule has 2 aromatic rings. The van der Waals surface area contributed by atoms with Gasteiger partial charge in [0.1, 0.15) is 0 Å². The average molecular weight is 440 g/mol. The first-order valence-electron chi connectivity index (χ1n) is 11.4. The molecule has 0 saturated carbocycles. The molecule has 7 heteroatoms. The minimum Gasteiger partial charge on any atom is -0.453 e. The molecule has 0 radical (unpaired) electrons. The van der Waals surface area contributed by atoms with Crippen LogP contribution >= 0.6 is 0 Å². The molecule has 0 saturated heterocycles. The van der Waals surface area contributed by atoms with Crippen molar-refractivity contribution in [3.8, 4) is 0 Å². The van der Waals surface area contributed by atoms with Crippen LogP contribution in [-0.2, 0) is 30.7 Å². The van der Waals surface area contributed by atoms with Crippen molar-refractivity contribution in [3.05, 3.63) is 68.8 Å². The summed E-state index contributed by atoms with van der Waals surface area (Å²) in [4.78, 5) is 27.4. The standard InChI is InChI=1S/C25H33N3O4/c1-4-12-26(13-5-2)24-16-21-10-7-9-20(21)15-22(24)18-27(25(29)32-3)17-19-8-6-11-23(14-19)28(30)31/h6,8,11,14-16H,4-5,7,9-10,12-13,17-18H2,1-3H3. The van der Waals surface area contributed by atoms with Crippen LogP contribution in [0.25, 0.3) is 0 Å². The fourth-order valence-corrected chi connectivity index (χ4v) is 4.48. The summed E-state index contributed by atoms with van der Waals surface area (Å²) >= 11 is 0. The molecule has 172 valence electrons. The molecule has 0 atom stereocenters. The second-order valence-electron chi connectivity index (χ2n) is 8.34. The molecule has 7 nitrogen and oxygen atoms in total. The summed E-state index contributed by atoms with van der Waals surface area (Å²) < 4.78 is 5.06. The largest absolute Gasteiger partial charge is 0.453 e. The van der Waals surface area contributed by atoms with Crippen molar-refractivity contribution in [2.45, 2.75) is 59.0 Å². The molecule has 0 aromatic heterocycles. The zero-order valence-electron chi connectivity index (χ0n) is 19.3. The molecule has 0 heterocycles. The number of benzene rings is 2. The number of hydrogen-bond acceptors (Lipinski definition) is 5. The molecular formula is C25H33N3O4. The van der Waals surface area contributed by atoms with Crippen molar-refractivity contribution in [1.29, 1.82) is 0 Å². The Kier molecular flexibility index (Phi) is 8.09. The number of fused-ring (bicyclic) bond motifs is 1. The van der Waals surface area contributed by atoms with E-state index in [1.165, 1.54) is 36.1 Å². The Morgan fingerprint density at radius 1 is 1.06 bits per heavy atom. The van der Waals surface area contributed by atoms with Crippen molar-refractivity contribution in [2.75, 3.05) is 25.1 Å². The predicted octanol–water partition coefficient (Wildman–Crippen LogP) is 5.48. The van der Waals surface area contributed by atoms with Crippen LogP contribution in [0.5, 0.6) is 0 Å². The molecular weight excluding hydrogens is 406 g/mol. The van der Waals surface area contributed by atoms with Crippen molar-refractivity contribution >= 4 is 17.5 Å². The summed E-state index contributed by atoms with van der Waals surface area (Å²) in [5.41, 5.74) is 5.76. The number of anilines is 1. The van der Waals surface area contributed by atoms with Crippen LogP contribution in [0.3, 0.4) is 0 Å². The first-order valence-corrected chi connectivity index (χ1v) is 11.4. The van der Waals surface area contributed by atoms with E-state index >= 15 is 0 Å². The Bertz CT molecular complexity index is 954. The average Bonchev–Trinajstić information content (AvgIpc) is 3.25. The number of non-ortho nitro benzene ring substituents is 1. The fraction of sp³-hybridized carbons (Fsp3) is 0.480. The molecule has 1 aliphatic rings. The third-order valence-electron chi connectivity index (χ3n) is 5.91. The second kappa shape index (κ2) is 11.0. The first kappa shape index (κ1) is 23.6. The molecule has 32 heavy (non-hydrogen) atoms. The van der Waals surface area contributed by atoms with Gasteiger partial charge in [0.25, 0.3) is 5.69 Å². The highest BCUT2D eigenvalue weighted by molar-refractivity contribution is 5.68. The highest BCUT2D eigenvalue weighted by Crippen LogP contribution is 2.32. The van der Waals surface area contributed by atoms with E-state index in [2.05, 4.69) is 30.9 Å². The number of hydrogen-bond donors (Lipinski definition) is 0. The molecule has 0 N–H and O–H groups in total. The Balaban J connectivity index is 1.95. The number of carbonyl (C=O) groups is 1. The molecule has 1 amide bonds.